The molecular weight excluding hydrogens is 331 g/mol. The second kappa shape index (κ2) is 6.22. The van der Waals surface area contributed by atoms with Crippen molar-refractivity contribution in [3.63, 3.8) is 0 Å². The molecule has 0 aromatic heterocycles. The summed E-state index contributed by atoms with van der Waals surface area (Å²) in [7, 11) is -2.76. The smallest absolute Gasteiger partial charge is 0.263 e. The molecule has 114 valence electrons. The van der Waals surface area contributed by atoms with Crippen molar-refractivity contribution in [2.45, 2.75) is 4.90 Å². The van der Waals surface area contributed by atoms with Crippen LogP contribution in [0.5, 0.6) is 5.75 Å². The Bertz CT molecular complexity index is 863. The molecule has 0 spiro atoms. The van der Waals surface area contributed by atoms with Crippen LogP contribution in [0.4, 0.5) is 10.1 Å². The van der Waals surface area contributed by atoms with Crippen LogP contribution < -0.4 is 9.46 Å². The molecule has 0 atom stereocenters. The Morgan fingerprint density at radius 1 is 1.27 bits per heavy atom. The summed E-state index contributed by atoms with van der Waals surface area (Å²) < 4.78 is 45.0. The van der Waals surface area contributed by atoms with Crippen molar-refractivity contribution in [2.24, 2.45) is 0 Å². The van der Waals surface area contributed by atoms with Crippen LogP contribution in [0, 0.1) is 17.1 Å². The van der Waals surface area contributed by atoms with E-state index < -0.39 is 15.8 Å². The fourth-order valence-corrected chi connectivity index (χ4v) is 3.29. The summed E-state index contributed by atoms with van der Waals surface area (Å²) in [6.45, 7) is 0. The van der Waals surface area contributed by atoms with E-state index in [-0.39, 0.29) is 26.9 Å². The summed E-state index contributed by atoms with van der Waals surface area (Å²) in [4.78, 5) is -0.239. The van der Waals surface area contributed by atoms with Crippen molar-refractivity contribution in [1.29, 1.82) is 5.26 Å². The molecule has 1 N–H and O–H groups in total. The molecular formula is C14H10ClFN2O3S. The van der Waals surface area contributed by atoms with Crippen LogP contribution in [0.25, 0.3) is 0 Å². The van der Waals surface area contributed by atoms with Crippen LogP contribution in [-0.4, -0.2) is 15.5 Å². The van der Waals surface area contributed by atoms with Crippen molar-refractivity contribution in [3.8, 4) is 11.8 Å². The predicted octanol–water partition coefficient (Wildman–Crippen LogP) is 3.16. The molecule has 2 aromatic carbocycles. The summed E-state index contributed by atoms with van der Waals surface area (Å²) in [5.74, 6) is -0.716. The van der Waals surface area contributed by atoms with Gasteiger partial charge < -0.3 is 4.74 Å². The van der Waals surface area contributed by atoms with Crippen LogP contribution in [0.2, 0.25) is 5.02 Å². The van der Waals surface area contributed by atoms with Gasteiger partial charge in [0.1, 0.15) is 4.90 Å². The van der Waals surface area contributed by atoms with Gasteiger partial charge in [0.05, 0.1) is 29.5 Å². The van der Waals surface area contributed by atoms with E-state index in [1.54, 1.807) is 0 Å². The van der Waals surface area contributed by atoms with Crippen molar-refractivity contribution in [3.05, 3.63) is 52.8 Å². The third-order valence-corrected chi connectivity index (χ3v) is 4.62. The molecule has 0 saturated carbocycles. The zero-order valence-electron chi connectivity index (χ0n) is 11.3. The van der Waals surface area contributed by atoms with Gasteiger partial charge in [0, 0.05) is 6.07 Å². The Kier molecular flexibility index (Phi) is 4.54. The van der Waals surface area contributed by atoms with E-state index in [9.17, 15) is 12.8 Å². The topological polar surface area (TPSA) is 79.2 Å². The first kappa shape index (κ1) is 16.1. The van der Waals surface area contributed by atoms with E-state index in [0.717, 1.165) is 12.1 Å². The summed E-state index contributed by atoms with van der Waals surface area (Å²) in [6.07, 6.45) is 0. The maximum absolute atomic E-state index is 13.3. The molecule has 0 aliphatic rings. The monoisotopic (exact) mass is 340 g/mol. The maximum atomic E-state index is 13.3. The summed E-state index contributed by atoms with van der Waals surface area (Å²) in [6, 6.07) is 9.24. The lowest BCUT2D eigenvalue weighted by Gasteiger charge is -2.11. The highest BCUT2D eigenvalue weighted by atomic mass is 35.5. The highest BCUT2D eigenvalue weighted by Gasteiger charge is 2.19. The average molecular weight is 341 g/mol. The minimum atomic E-state index is -4.03. The van der Waals surface area contributed by atoms with Gasteiger partial charge in [-0.15, -0.1) is 0 Å². The summed E-state index contributed by atoms with van der Waals surface area (Å²) in [5.41, 5.74) is 0.262. The molecule has 0 saturated heterocycles. The fourth-order valence-electron chi connectivity index (χ4n) is 1.71. The van der Waals surface area contributed by atoms with Crippen molar-refractivity contribution >= 4 is 27.3 Å². The van der Waals surface area contributed by atoms with Gasteiger partial charge in [-0.05, 0) is 30.3 Å². The molecule has 0 fully saturated rings. The second-order valence-electron chi connectivity index (χ2n) is 4.21. The molecule has 8 heteroatoms. The number of nitrogens with zero attached hydrogens (tertiary/aromatic N) is 1. The third kappa shape index (κ3) is 3.30. The van der Waals surface area contributed by atoms with Crippen LogP contribution in [0.15, 0.2) is 41.3 Å². The quantitative estimate of drug-likeness (QED) is 0.927. The number of nitrogens with one attached hydrogen (secondary N) is 1. The minimum absolute atomic E-state index is 0.0272. The van der Waals surface area contributed by atoms with Crippen molar-refractivity contribution in [1.82, 2.24) is 0 Å². The molecule has 5 nitrogen and oxygen atoms in total. The van der Waals surface area contributed by atoms with E-state index in [1.165, 1.54) is 31.4 Å². The molecule has 0 aliphatic heterocycles. The van der Waals surface area contributed by atoms with Crippen molar-refractivity contribution < 1.29 is 17.5 Å². The van der Waals surface area contributed by atoms with Crippen LogP contribution in [0.1, 0.15) is 5.56 Å². The number of halogens is 2. The first-order valence-electron chi connectivity index (χ1n) is 5.93. The molecule has 22 heavy (non-hydrogen) atoms. The van der Waals surface area contributed by atoms with E-state index in [0.29, 0.717) is 0 Å². The first-order valence-corrected chi connectivity index (χ1v) is 7.79. The number of benzene rings is 2. The SMILES string of the molecule is COc1cc(NS(=O)(=O)c2cc(C#N)ccc2Cl)ccc1F. The number of ether oxygens (including phenoxy) is 1. The van der Waals surface area contributed by atoms with Crippen LogP contribution in [0.3, 0.4) is 0 Å². The zero-order valence-corrected chi connectivity index (χ0v) is 12.9. The first-order chi connectivity index (χ1) is 10.4. The summed E-state index contributed by atoms with van der Waals surface area (Å²) >= 11 is 5.87. The third-order valence-electron chi connectivity index (χ3n) is 2.75. The largest absolute Gasteiger partial charge is 0.494 e. The van der Waals surface area contributed by atoms with E-state index in [2.05, 4.69) is 4.72 Å². The Balaban J connectivity index is 2.42. The second-order valence-corrected chi connectivity index (χ2v) is 6.27. The number of hydrogen-bond donors (Lipinski definition) is 1. The lowest BCUT2D eigenvalue weighted by Crippen LogP contribution is -2.14. The van der Waals surface area contributed by atoms with Crippen LogP contribution in [-0.2, 0) is 10.0 Å². The number of hydrogen-bond acceptors (Lipinski definition) is 4. The fraction of sp³-hybridized carbons (Fsp3) is 0.0714. The van der Waals surface area contributed by atoms with Gasteiger partial charge in [0.15, 0.2) is 11.6 Å². The van der Waals surface area contributed by atoms with Gasteiger partial charge in [-0.3, -0.25) is 4.72 Å². The normalized spacial score (nSPS) is 10.8. The average Bonchev–Trinajstić information content (AvgIpc) is 2.49. The van der Waals surface area contributed by atoms with Gasteiger partial charge in [-0.2, -0.15) is 5.26 Å². The van der Waals surface area contributed by atoms with E-state index >= 15 is 0 Å². The highest BCUT2D eigenvalue weighted by molar-refractivity contribution is 7.92. The van der Waals surface area contributed by atoms with E-state index in [1.807, 2.05) is 6.07 Å². The Morgan fingerprint density at radius 3 is 2.64 bits per heavy atom. The Labute approximate surface area is 132 Å². The Morgan fingerprint density at radius 2 is 2.00 bits per heavy atom. The van der Waals surface area contributed by atoms with E-state index in [4.69, 9.17) is 21.6 Å². The molecule has 0 aliphatic carbocycles. The number of sulfonamides is 1. The van der Waals surface area contributed by atoms with Crippen molar-refractivity contribution in [2.75, 3.05) is 11.8 Å². The molecule has 0 bridgehead atoms. The number of rotatable bonds is 4. The molecule has 0 heterocycles. The van der Waals surface area contributed by atoms with Gasteiger partial charge in [-0.1, -0.05) is 11.6 Å². The number of nitriles is 1. The number of methoxy groups -OCH3 is 1. The van der Waals surface area contributed by atoms with Gasteiger partial charge in [0.25, 0.3) is 10.0 Å². The highest BCUT2D eigenvalue weighted by Crippen LogP contribution is 2.27. The molecule has 0 radical (unpaired) electrons. The van der Waals surface area contributed by atoms with Gasteiger partial charge in [0.2, 0.25) is 0 Å². The van der Waals surface area contributed by atoms with Gasteiger partial charge >= 0.3 is 0 Å². The summed E-state index contributed by atoms with van der Waals surface area (Å²) in [5, 5.41) is 8.81. The lowest BCUT2D eigenvalue weighted by molar-refractivity contribution is 0.387. The molecule has 0 amide bonds. The van der Waals surface area contributed by atoms with Crippen LogP contribution >= 0.6 is 11.6 Å². The lowest BCUT2D eigenvalue weighted by atomic mass is 10.2. The zero-order chi connectivity index (χ0) is 16.3. The molecule has 2 rings (SSSR count). The maximum Gasteiger partial charge on any atom is 0.263 e. The molecule has 0 unspecified atom stereocenters. The van der Waals surface area contributed by atoms with Gasteiger partial charge in [-0.25, -0.2) is 12.8 Å². The number of anilines is 1. The Hall–Kier alpha value is -2.30. The standard InChI is InChI=1S/C14H10ClFN2O3S/c1-21-13-7-10(3-5-12(13)16)18-22(19,20)14-6-9(8-17)2-4-11(14)15/h2-7,18H,1H3. The predicted molar refractivity (Wildman–Crippen MR) is 79.9 cm³/mol. The molecule has 2 aromatic rings. The minimum Gasteiger partial charge on any atom is -0.494 e.